The SMILES string of the molecule is CC1SCCNC1c1cccc(F)c1. The minimum Gasteiger partial charge on any atom is -0.308 e. The maximum absolute atomic E-state index is 13.0. The second-order valence-corrected chi connectivity index (χ2v) is 5.05. The van der Waals surface area contributed by atoms with Gasteiger partial charge in [0.05, 0.1) is 0 Å². The Kier molecular flexibility index (Phi) is 3.08. The van der Waals surface area contributed by atoms with Crippen LogP contribution in [0.4, 0.5) is 4.39 Å². The molecule has 1 saturated heterocycles. The highest BCUT2D eigenvalue weighted by Gasteiger charge is 2.22. The largest absolute Gasteiger partial charge is 0.308 e. The summed E-state index contributed by atoms with van der Waals surface area (Å²) >= 11 is 1.94. The highest BCUT2D eigenvalue weighted by atomic mass is 32.2. The minimum absolute atomic E-state index is 0.146. The number of thioether (sulfide) groups is 1. The number of benzene rings is 1. The van der Waals surface area contributed by atoms with Crippen molar-refractivity contribution in [2.24, 2.45) is 0 Å². The first-order valence-electron chi connectivity index (χ1n) is 4.88. The molecule has 1 aromatic rings. The Morgan fingerprint density at radius 3 is 3.07 bits per heavy atom. The van der Waals surface area contributed by atoms with E-state index < -0.39 is 0 Å². The smallest absolute Gasteiger partial charge is 0.123 e. The topological polar surface area (TPSA) is 12.0 Å². The molecule has 1 aliphatic heterocycles. The third kappa shape index (κ3) is 2.10. The summed E-state index contributed by atoms with van der Waals surface area (Å²) in [5, 5.41) is 3.94. The molecular formula is C11H14FNS. The van der Waals surface area contributed by atoms with E-state index in [4.69, 9.17) is 0 Å². The van der Waals surface area contributed by atoms with Gasteiger partial charge >= 0.3 is 0 Å². The van der Waals surface area contributed by atoms with Crippen LogP contribution in [0.2, 0.25) is 0 Å². The third-order valence-corrected chi connectivity index (χ3v) is 3.76. The zero-order valence-electron chi connectivity index (χ0n) is 8.16. The van der Waals surface area contributed by atoms with Crippen molar-refractivity contribution in [1.82, 2.24) is 5.32 Å². The van der Waals surface area contributed by atoms with Gasteiger partial charge in [-0.2, -0.15) is 11.8 Å². The van der Waals surface area contributed by atoms with Crippen LogP contribution in [0.3, 0.4) is 0 Å². The van der Waals surface area contributed by atoms with Crippen molar-refractivity contribution in [2.75, 3.05) is 12.3 Å². The predicted molar refractivity (Wildman–Crippen MR) is 59.1 cm³/mol. The molecule has 1 N–H and O–H groups in total. The van der Waals surface area contributed by atoms with Crippen LogP contribution in [0.5, 0.6) is 0 Å². The first-order chi connectivity index (χ1) is 6.77. The van der Waals surface area contributed by atoms with Crippen molar-refractivity contribution in [3.8, 4) is 0 Å². The molecule has 14 heavy (non-hydrogen) atoms. The second kappa shape index (κ2) is 4.32. The molecule has 1 aromatic carbocycles. The van der Waals surface area contributed by atoms with Crippen LogP contribution in [0.1, 0.15) is 18.5 Å². The number of nitrogens with one attached hydrogen (secondary N) is 1. The lowest BCUT2D eigenvalue weighted by Gasteiger charge is -2.30. The van der Waals surface area contributed by atoms with Crippen LogP contribution in [0.15, 0.2) is 24.3 Å². The van der Waals surface area contributed by atoms with Gasteiger partial charge in [0.15, 0.2) is 0 Å². The van der Waals surface area contributed by atoms with E-state index >= 15 is 0 Å². The molecular weight excluding hydrogens is 197 g/mol. The summed E-state index contributed by atoms with van der Waals surface area (Å²) in [4.78, 5) is 0. The number of rotatable bonds is 1. The first-order valence-corrected chi connectivity index (χ1v) is 5.93. The first kappa shape index (κ1) is 9.99. The van der Waals surface area contributed by atoms with Gasteiger partial charge in [0.2, 0.25) is 0 Å². The molecule has 2 rings (SSSR count). The second-order valence-electron chi connectivity index (χ2n) is 3.56. The summed E-state index contributed by atoms with van der Waals surface area (Å²) in [7, 11) is 0. The van der Waals surface area contributed by atoms with Crippen molar-refractivity contribution < 1.29 is 4.39 Å². The molecule has 1 aliphatic rings. The number of hydrogen-bond donors (Lipinski definition) is 1. The molecule has 0 saturated carbocycles. The van der Waals surface area contributed by atoms with E-state index in [0.717, 1.165) is 17.9 Å². The molecule has 0 amide bonds. The van der Waals surface area contributed by atoms with Crippen LogP contribution in [-0.4, -0.2) is 17.5 Å². The predicted octanol–water partition coefficient (Wildman–Crippen LogP) is 2.59. The number of hydrogen-bond acceptors (Lipinski definition) is 2. The summed E-state index contributed by atoms with van der Waals surface area (Å²) in [5.74, 6) is 1.000. The van der Waals surface area contributed by atoms with Gasteiger partial charge in [-0.05, 0) is 17.7 Å². The van der Waals surface area contributed by atoms with Crippen LogP contribution in [0, 0.1) is 5.82 Å². The Bertz CT molecular complexity index is 316. The molecule has 0 spiro atoms. The van der Waals surface area contributed by atoms with Gasteiger partial charge in [-0.15, -0.1) is 0 Å². The Hall–Kier alpha value is -0.540. The Morgan fingerprint density at radius 2 is 2.36 bits per heavy atom. The van der Waals surface area contributed by atoms with Crippen LogP contribution < -0.4 is 5.32 Å². The van der Waals surface area contributed by atoms with E-state index in [1.54, 1.807) is 12.1 Å². The van der Waals surface area contributed by atoms with Crippen molar-refractivity contribution in [2.45, 2.75) is 18.2 Å². The van der Waals surface area contributed by atoms with Gasteiger partial charge in [0, 0.05) is 23.6 Å². The lowest BCUT2D eigenvalue weighted by atomic mass is 10.0. The highest BCUT2D eigenvalue weighted by Crippen LogP contribution is 2.29. The summed E-state index contributed by atoms with van der Waals surface area (Å²) in [6.45, 7) is 3.20. The summed E-state index contributed by atoms with van der Waals surface area (Å²) in [6.07, 6.45) is 0. The fraction of sp³-hybridized carbons (Fsp3) is 0.455. The van der Waals surface area contributed by atoms with Gasteiger partial charge in [-0.3, -0.25) is 0 Å². The molecule has 3 heteroatoms. The highest BCUT2D eigenvalue weighted by molar-refractivity contribution is 8.00. The average Bonchev–Trinajstić information content (AvgIpc) is 2.18. The lowest BCUT2D eigenvalue weighted by Crippen LogP contribution is -2.35. The third-order valence-electron chi connectivity index (χ3n) is 2.52. The van der Waals surface area contributed by atoms with Gasteiger partial charge < -0.3 is 5.32 Å². The lowest BCUT2D eigenvalue weighted by molar-refractivity contribution is 0.529. The van der Waals surface area contributed by atoms with Crippen molar-refractivity contribution in [1.29, 1.82) is 0 Å². The molecule has 1 nitrogen and oxygen atoms in total. The maximum atomic E-state index is 13.0. The van der Waals surface area contributed by atoms with E-state index in [0.29, 0.717) is 11.3 Å². The minimum atomic E-state index is -0.146. The van der Waals surface area contributed by atoms with Crippen LogP contribution >= 0.6 is 11.8 Å². The van der Waals surface area contributed by atoms with E-state index in [1.807, 2.05) is 17.8 Å². The Labute approximate surface area is 88.1 Å². The van der Waals surface area contributed by atoms with E-state index in [9.17, 15) is 4.39 Å². The van der Waals surface area contributed by atoms with Gasteiger partial charge in [0.1, 0.15) is 5.82 Å². The zero-order valence-corrected chi connectivity index (χ0v) is 8.98. The van der Waals surface area contributed by atoms with Gasteiger partial charge in [0.25, 0.3) is 0 Å². The molecule has 0 aromatic heterocycles. The average molecular weight is 211 g/mol. The Balaban J connectivity index is 2.20. The standard InChI is InChI=1S/C11H14FNS/c1-8-11(13-5-6-14-8)9-3-2-4-10(12)7-9/h2-4,7-8,11,13H,5-6H2,1H3. The fourth-order valence-electron chi connectivity index (χ4n) is 1.81. The summed E-state index contributed by atoms with van der Waals surface area (Å²) < 4.78 is 13.0. The maximum Gasteiger partial charge on any atom is 0.123 e. The fourth-order valence-corrected chi connectivity index (χ4v) is 2.86. The molecule has 1 fully saturated rings. The molecule has 0 aliphatic carbocycles. The van der Waals surface area contributed by atoms with E-state index in [2.05, 4.69) is 12.2 Å². The zero-order chi connectivity index (χ0) is 9.97. The summed E-state index contributed by atoms with van der Waals surface area (Å²) in [6, 6.07) is 7.18. The summed E-state index contributed by atoms with van der Waals surface area (Å²) in [5.41, 5.74) is 1.06. The molecule has 0 bridgehead atoms. The Morgan fingerprint density at radius 1 is 1.50 bits per heavy atom. The monoisotopic (exact) mass is 211 g/mol. The molecule has 2 atom stereocenters. The van der Waals surface area contributed by atoms with Gasteiger partial charge in [-0.25, -0.2) is 4.39 Å². The molecule has 1 heterocycles. The molecule has 2 unspecified atom stereocenters. The number of halogens is 1. The van der Waals surface area contributed by atoms with E-state index in [1.165, 1.54) is 6.07 Å². The van der Waals surface area contributed by atoms with Crippen molar-refractivity contribution in [3.63, 3.8) is 0 Å². The van der Waals surface area contributed by atoms with Gasteiger partial charge in [-0.1, -0.05) is 19.1 Å². The van der Waals surface area contributed by atoms with Crippen LogP contribution in [0.25, 0.3) is 0 Å². The van der Waals surface area contributed by atoms with Crippen molar-refractivity contribution >= 4 is 11.8 Å². The normalized spacial score (nSPS) is 27.6. The van der Waals surface area contributed by atoms with Crippen molar-refractivity contribution in [3.05, 3.63) is 35.6 Å². The molecule has 76 valence electrons. The molecule has 0 radical (unpaired) electrons. The quantitative estimate of drug-likeness (QED) is 0.766. The van der Waals surface area contributed by atoms with Crippen LogP contribution in [-0.2, 0) is 0 Å². The van der Waals surface area contributed by atoms with E-state index in [-0.39, 0.29) is 5.82 Å².